The second-order valence-electron chi connectivity index (χ2n) is 5.85. The van der Waals surface area contributed by atoms with E-state index in [0.29, 0.717) is 35.8 Å². The van der Waals surface area contributed by atoms with Crippen molar-refractivity contribution in [1.29, 1.82) is 0 Å². The van der Waals surface area contributed by atoms with Crippen molar-refractivity contribution in [2.75, 3.05) is 6.54 Å². The van der Waals surface area contributed by atoms with Crippen LogP contribution in [0.5, 0.6) is 5.75 Å². The molecule has 1 aromatic carbocycles. The van der Waals surface area contributed by atoms with Gasteiger partial charge in [0.15, 0.2) is 17.4 Å². The van der Waals surface area contributed by atoms with Gasteiger partial charge in [-0.2, -0.15) is 5.10 Å². The molecular weight excluding hydrogens is 309 g/mol. The normalized spacial score (nSPS) is 16.0. The summed E-state index contributed by atoms with van der Waals surface area (Å²) in [5.74, 6) is 0.532. The van der Waals surface area contributed by atoms with Crippen LogP contribution in [0.3, 0.4) is 0 Å². The van der Waals surface area contributed by atoms with Gasteiger partial charge in [0.2, 0.25) is 0 Å². The average Bonchev–Trinajstić information content (AvgIpc) is 3.21. The summed E-state index contributed by atoms with van der Waals surface area (Å²) in [6.45, 7) is 2.31. The Morgan fingerprint density at radius 1 is 1.33 bits per heavy atom. The number of benzene rings is 1. The minimum absolute atomic E-state index is 0.169. The summed E-state index contributed by atoms with van der Waals surface area (Å²) < 4.78 is 21.5. The number of halogens is 1. The molecule has 0 saturated heterocycles. The van der Waals surface area contributed by atoms with Gasteiger partial charge in [-0.05, 0) is 24.6 Å². The number of hydrogen-bond acceptors (Lipinski definition) is 5. The van der Waals surface area contributed by atoms with E-state index in [2.05, 4.69) is 15.1 Å². The van der Waals surface area contributed by atoms with E-state index in [9.17, 15) is 4.39 Å². The van der Waals surface area contributed by atoms with Crippen LogP contribution in [0.15, 0.2) is 36.9 Å². The third kappa shape index (κ3) is 2.52. The van der Waals surface area contributed by atoms with Crippen LogP contribution in [0, 0.1) is 12.7 Å². The van der Waals surface area contributed by atoms with Gasteiger partial charge in [0.05, 0.1) is 11.9 Å². The van der Waals surface area contributed by atoms with E-state index in [4.69, 9.17) is 10.5 Å². The minimum Gasteiger partial charge on any atom is -0.485 e. The van der Waals surface area contributed by atoms with Crippen molar-refractivity contribution < 1.29 is 9.13 Å². The molecule has 7 heteroatoms. The topological polar surface area (TPSA) is 78.9 Å². The molecule has 0 saturated carbocycles. The summed E-state index contributed by atoms with van der Waals surface area (Å²) in [5, 5.41) is 4.24. The fourth-order valence-electron chi connectivity index (χ4n) is 2.84. The lowest BCUT2D eigenvalue weighted by atomic mass is 10.0. The van der Waals surface area contributed by atoms with E-state index in [1.165, 1.54) is 12.4 Å². The molecule has 1 aliphatic heterocycles. The van der Waals surface area contributed by atoms with Crippen LogP contribution < -0.4 is 10.5 Å². The van der Waals surface area contributed by atoms with E-state index < -0.39 is 5.82 Å². The molecule has 0 bridgehead atoms. The van der Waals surface area contributed by atoms with Crippen LogP contribution >= 0.6 is 0 Å². The van der Waals surface area contributed by atoms with Gasteiger partial charge in [-0.25, -0.2) is 19.0 Å². The largest absolute Gasteiger partial charge is 0.485 e. The molecule has 1 atom stereocenters. The monoisotopic (exact) mass is 325 g/mol. The summed E-state index contributed by atoms with van der Waals surface area (Å²) >= 11 is 0. The van der Waals surface area contributed by atoms with Crippen LogP contribution in [-0.2, 0) is 6.42 Å². The smallest absolute Gasteiger partial charge is 0.166 e. The summed E-state index contributed by atoms with van der Waals surface area (Å²) in [6, 6.07) is 5.11. The Bertz CT molecular complexity index is 908. The quantitative estimate of drug-likeness (QED) is 0.797. The fourth-order valence-corrected chi connectivity index (χ4v) is 2.84. The molecule has 3 aromatic rings. The number of nitrogens with zero attached hydrogens (tertiary/aromatic N) is 4. The Kier molecular flexibility index (Phi) is 3.50. The summed E-state index contributed by atoms with van der Waals surface area (Å²) in [6.07, 6.45) is 5.51. The number of hydrogen-bond donors (Lipinski definition) is 1. The van der Waals surface area contributed by atoms with Gasteiger partial charge in [-0.1, -0.05) is 0 Å². The molecule has 1 aliphatic rings. The van der Waals surface area contributed by atoms with E-state index in [1.807, 2.05) is 19.2 Å². The molecule has 24 heavy (non-hydrogen) atoms. The number of fused-ring (bicyclic) bond motifs is 1. The van der Waals surface area contributed by atoms with Gasteiger partial charge < -0.3 is 10.5 Å². The predicted octanol–water partition coefficient (Wildman–Crippen LogP) is 2.04. The van der Waals surface area contributed by atoms with Crippen LogP contribution in [0.25, 0.3) is 17.1 Å². The molecule has 0 aliphatic carbocycles. The Morgan fingerprint density at radius 3 is 2.96 bits per heavy atom. The van der Waals surface area contributed by atoms with E-state index in [-0.39, 0.29) is 6.10 Å². The number of ether oxygens (including phenoxy) is 1. The van der Waals surface area contributed by atoms with Gasteiger partial charge in [0, 0.05) is 36.4 Å². The minimum atomic E-state index is -0.395. The van der Waals surface area contributed by atoms with E-state index in [0.717, 1.165) is 11.1 Å². The lowest BCUT2D eigenvalue weighted by Gasteiger charge is -2.08. The predicted molar refractivity (Wildman–Crippen MR) is 86.5 cm³/mol. The number of rotatable bonds is 3. The lowest BCUT2D eigenvalue weighted by Crippen LogP contribution is -2.24. The maximum Gasteiger partial charge on any atom is 0.166 e. The van der Waals surface area contributed by atoms with Crippen molar-refractivity contribution in [3.63, 3.8) is 0 Å². The number of nitrogens with two attached hydrogens (primary N) is 1. The van der Waals surface area contributed by atoms with Crippen molar-refractivity contribution in [2.24, 2.45) is 5.73 Å². The maximum absolute atomic E-state index is 14.3. The highest BCUT2D eigenvalue weighted by Crippen LogP contribution is 2.35. The zero-order valence-corrected chi connectivity index (χ0v) is 13.1. The molecule has 3 heterocycles. The molecule has 0 spiro atoms. The SMILES string of the molecule is Cc1cnn(-c2cc(-c3cc(F)c4c(c3)CC(CN)O4)ncn2)c1. The lowest BCUT2D eigenvalue weighted by molar-refractivity contribution is 0.232. The molecule has 0 amide bonds. The van der Waals surface area contributed by atoms with Crippen LogP contribution in [0.1, 0.15) is 11.1 Å². The van der Waals surface area contributed by atoms with Crippen molar-refractivity contribution >= 4 is 0 Å². The molecule has 6 nitrogen and oxygen atoms in total. The third-order valence-corrected chi connectivity index (χ3v) is 4.01. The Labute approximate surface area is 138 Å². The molecule has 2 N–H and O–H groups in total. The second-order valence-corrected chi connectivity index (χ2v) is 5.85. The van der Waals surface area contributed by atoms with Crippen LogP contribution in [0.2, 0.25) is 0 Å². The first-order valence-electron chi connectivity index (χ1n) is 7.67. The van der Waals surface area contributed by atoms with E-state index in [1.54, 1.807) is 16.9 Å². The average molecular weight is 325 g/mol. The van der Waals surface area contributed by atoms with Gasteiger partial charge in [-0.3, -0.25) is 0 Å². The van der Waals surface area contributed by atoms with Gasteiger partial charge in [-0.15, -0.1) is 0 Å². The van der Waals surface area contributed by atoms with Crippen molar-refractivity contribution in [2.45, 2.75) is 19.4 Å². The summed E-state index contributed by atoms with van der Waals surface area (Å²) in [7, 11) is 0. The van der Waals surface area contributed by atoms with Crippen LogP contribution in [0.4, 0.5) is 4.39 Å². The van der Waals surface area contributed by atoms with Gasteiger partial charge in [0.25, 0.3) is 0 Å². The first kappa shape index (κ1) is 14.8. The zero-order chi connectivity index (χ0) is 16.7. The highest BCUT2D eigenvalue weighted by Gasteiger charge is 2.26. The van der Waals surface area contributed by atoms with Gasteiger partial charge >= 0.3 is 0 Å². The number of aromatic nitrogens is 4. The number of aryl methyl sites for hydroxylation is 1. The molecule has 1 unspecified atom stereocenters. The maximum atomic E-state index is 14.3. The highest BCUT2D eigenvalue weighted by molar-refractivity contribution is 5.64. The Balaban J connectivity index is 1.74. The molecule has 4 rings (SSSR count). The second kappa shape index (κ2) is 5.68. The van der Waals surface area contributed by atoms with Crippen LogP contribution in [-0.4, -0.2) is 32.4 Å². The first-order chi connectivity index (χ1) is 11.6. The Morgan fingerprint density at radius 2 is 2.21 bits per heavy atom. The van der Waals surface area contributed by atoms with Crippen molar-refractivity contribution in [1.82, 2.24) is 19.7 Å². The van der Waals surface area contributed by atoms with E-state index >= 15 is 0 Å². The van der Waals surface area contributed by atoms with Crippen molar-refractivity contribution in [3.8, 4) is 22.8 Å². The molecule has 0 radical (unpaired) electrons. The molecule has 122 valence electrons. The molecular formula is C17H16FN5O. The third-order valence-electron chi connectivity index (χ3n) is 4.01. The summed E-state index contributed by atoms with van der Waals surface area (Å²) in [4.78, 5) is 8.49. The highest BCUT2D eigenvalue weighted by atomic mass is 19.1. The Hall–Kier alpha value is -2.80. The fraction of sp³-hybridized carbons (Fsp3) is 0.235. The molecule has 2 aromatic heterocycles. The standard InChI is InChI=1S/C17H16FN5O/c1-10-7-22-23(8-10)16-5-15(20-9-21-16)11-2-12-3-13(6-19)24-17(12)14(18)4-11/h2,4-5,7-9,13H,3,6,19H2,1H3. The zero-order valence-electron chi connectivity index (χ0n) is 13.1. The van der Waals surface area contributed by atoms with Crippen molar-refractivity contribution in [3.05, 3.63) is 53.9 Å². The van der Waals surface area contributed by atoms with Gasteiger partial charge in [0.1, 0.15) is 12.4 Å². The summed E-state index contributed by atoms with van der Waals surface area (Å²) in [5.41, 5.74) is 8.78. The first-order valence-corrected chi connectivity index (χ1v) is 7.67. The molecule has 0 fully saturated rings.